The van der Waals surface area contributed by atoms with Gasteiger partial charge in [-0.2, -0.15) is 0 Å². The maximum Gasteiger partial charge on any atom is 0.164 e. The van der Waals surface area contributed by atoms with Crippen molar-refractivity contribution in [1.82, 2.24) is 24.1 Å². The van der Waals surface area contributed by atoms with E-state index in [0.29, 0.717) is 17.5 Å². The van der Waals surface area contributed by atoms with Crippen molar-refractivity contribution in [3.8, 4) is 56.7 Å². The van der Waals surface area contributed by atoms with E-state index >= 15 is 0 Å². The second-order valence-corrected chi connectivity index (χ2v) is 16.0. The van der Waals surface area contributed by atoms with E-state index < -0.39 is 0 Å². The van der Waals surface area contributed by atoms with Gasteiger partial charge in [-0.25, -0.2) is 15.0 Å². The molecule has 4 heterocycles. The molecule has 63 heavy (non-hydrogen) atoms. The molecule has 0 saturated heterocycles. The van der Waals surface area contributed by atoms with Crippen molar-refractivity contribution in [3.63, 3.8) is 0 Å². The summed E-state index contributed by atoms with van der Waals surface area (Å²) in [6, 6.07) is 74.5. The van der Waals surface area contributed by atoms with Crippen molar-refractivity contribution in [2.24, 2.45) is 0 Å². The highest BCUT2D eigenvalue weighted by molar-refractivity contribution is 6.26. The number of rotatable bonds is 6. The maximum atomic E-state index is 6.30. The first-order valence-corrected chi connectivity index (χ1v) is 21.2. The molecule has 0 aliphatic carbocycles. The number of benzene rings is 9. The van der Waals surface area contributed by atoms with Crippen LogP contribution in [0, 0.1) is 0 Å². The first-order valence-electron chi connectivity index (χ1n) is 21.2. The van der Waals surface area contributed by atoms with Gasteiger partial charge < -0.3 is 13.6 Å². The zero-order chi connectivity index (χ0) is 41.4. The summed E-state index contributed by atoms with van der Waals surface area (Å²) in [6.45, 7) is 0. The molecular weight excluding hydrogens is 771 g/mol. The molecule has 0 unspecified atom stereocenters. The van der Waals surface area contributed by atoms with Gasteiger partial charge in [-0.1, -0.05) is 140 Å². The largest absolute Gasteiger partial charge is 0.456 e. The highest BCUT2D eigenvalue weighted by Gasteiger charge is 2.21. The van der Waals surface area contributed by atoms with Crippen molar-refractivity contribution in [3.05, 3.63) is 212 Å². The van der Waals surface area contributed by atoms with Crippen LogP contribution in [-0.2, 0) is 0 Å². The minimum Gasteiger partial charge on any atom is -0.456 e. The van der Waals surface area contributed by atoms with E-state index in [1.807, 2.05) is 30.3 Å². The van der Waals surface area contributed by atoms with Crippen LogP contribution in [0.15, 0.2) is 217 Å². The van der Waals surface area contributed by atoms with Crippen molar-refractivity contribution in [2.45, 2.75) is 0 Å². The third-order valence-corrected chi connectivity index (χ3v) is 12.4. The zero-order valence-corrected chi connectivity index (χ0v) is 33.9. The predicted molar refractivity (Wildman–Crippen MR) is 258 cm³/mol. The van der Waals surface area contributed by atoms with Gasteiger partial charge in [0.05, 0.1) is 22.1 Å². The van der Waals surface area contributed by atoms with Crippen LogP contribution in [0.25, 0.3) is 122 Å². The Labute approximate surface area is 361 Å². The Morgan fingerprint density at radius 2 is 0.794 bits per heavy atom. The second-order valence-electron chi connectivity index (χ2n) is 16.0. The van der Waals surface area contributed by atoms with E-state index in [1.165, 1.54) is 32.6 Å². The molecule has 0 bridgehead atoms. The van der Waals surface area contributed by atoms with Gasteiger partial charge in [-0.15, -0.1) is 0 Å². The van der Waals surface area contributed by atoms with E-state index in [2.05, 4.69) is 191 Å². The Kier molecular flexibility index (Phi) is 7.80. The van der Waals surface area contributed by atoms with E-state index in [1.54, 1.807) is 0 Å². The molecule has 0 saturated carbocycles. The molecule has 0 fully saturated rings. The predicted octanol–water partition coefficient (Wildman–Crippen LogP) is 14.6. The van der Waals surface area contributed by atoms with Crippen molar-refractivity contribution in [2.75, 3.05) is 0 Å². The fourth-order valence-corrected chi connectivity index (χ4v) is 9.46. The third-order valence-electron chi connectivity index (χ3n) is 12.4. The zero-order valence-electron chi connectivity index (χ0n) is 33.9. The molecular formula is C57H35N5O. The summed E-state index contributed by atoms with van der Waals surface area (Å²) in [5, 5.41) is 7.03. The fraction of sp³-hybridized carbons (Fsp3) is 0. The first kappa shape index (κ1) is 35.2. The fourth-order valence-electron chi connectivity index (χ4n) is 9.46. The summed E-state index contributed by atoms with van der Waals surface area (Å²) in [7, 11) is 0. The van der Waals surface area contributed by atoms with E-state index in [0.717, 1.165) is 72.2 Å². The van der Waals surface area contributed by atoms with Crippen molar-refractivity contribution >= 4 is 65.6 Å². The smallest absolute Gasteiger partial charge is 0.164 e. The van der Waals surface area contributed by atoms with Crippen LogP contribution in [0.2, 0.25) is 0 Å². The topological polar surface area (TPSA) is 61.7 Å². The number of furan rings is 1. The van der Waals surface area contributed by atoms with E-state index in [4.69, 9.17) is 19.4 Å². The van der Waals surface area contributed by atoms with Crippen LogP contribution in [0.3, 0.4) is 0 Å². The minimum absolute atomic E-state index is 0.578. The molecule has 0 radical (unpaired) electrons. The van der Waals surface area contributed by atoms with Crippen LogP contribution >= 0.6 is 0 Å². The summed E-state index contributed by atoms with van der Waals surface area (Å²) in [5.41, 5.74) is 13.4. The van der Waals surface area contributed by atoms with E-state index in [9.17, 15) is 0 Å². The number of hydrogen-bond acceptors (Lipinski definition) is 4. The Morgan fingerprint density at radius 1 is 0.302 bits per heavy atom. The standard InChI is InChI=1S/C57H35N5O/c1-3-13-36(14-4-1)37-23-25-38(26-24-37)55-58-56(60-57(59-55)40-29-32-45-44-18-9-12-22-51(44)63-52(45)35-40)39-27-30-42(31-28-39)61-49-21-11-8-19-47(49)53-50(61)34-33-46-43-17-7-10-20-48(43)62(54(46)53)41-15-5-2-6-16-41/h1-35H. The lowest BCUT2D eigenvalue weighted by Gasteiger charge is -2.11. The molecule has 6 heteroatoms. The SMILES string of the molecule is c1ccc(-c2ccc(-c3nc(-c4ccc(-n5c6ccccc6c6c5ccc5c7ccccc7n(-c7ccccc7)c56)cc4)nc(-c4ccc5c(c4)oc4ccccc45)n3)cc2)cc1. The molecule has 0 N–H and O–H groups in total. The van der Waals surface area contributed by atoms with Crippen LogP contribution in [0.1, 0.15) is 0 Å². The quantitative estimate of drug-likeness (QED) is 0.168. The van der Waals surface area contributed by atoms with Crippen LogP contribution in [-0.4, -0.2) is 24.1 Å². The summed E-state index contributed by atoms with van der Waals surface area (Å²) in [6.07, 6.45) is 0. The average molecular weight is 806 g/mol. The van der Waals surface area contributed by atoms with Crippen molar-refractivity contribution in [1.29, 1.82) is 0 Å². The molecule has 0 aliphatic rings. The molecule has 0 atom stereocenters. The van der Waals surface area contributed by atoms with Crippen LogP contribution in [0.5, 0.6) is 0 Å². The van der Waals surface area contributed by atoms with Crippen LogP contribution < -0.4 is 0 Å². The van der Waals surface area contributed by atoms with Gasteiger partial charge in [0.1, 0.15) is 11.2 Å². The normalized spacial score (nSPS) is 11.8. The molecule has 294 valence electrons. The second kappa shape index (κ2) is 14.0. The lowest BCUT2D eigenvalue weighted by atomic mass is 10.0. The van der Waals surface area contributed by atoms with Gasteiger partial charge in [0, 0.05) is 60.4 Å². The molecule has 0 amide bonds. The van der Waals surface area contributed by atoms with Gasteiger partial charge in [0.25, 0.3) is 0 Å². The maximum absolute atomic E-state index is 6.30. The lowest BCUT2D eigenvalue weighted by Crippen LogP contribution is -2.00. The highest BCUT2D eigenvalue weighted by atomic mass is 16.3. The summed E-state index contributed by atoms with van der Waals surface area (Å²) in [4.78, 5) is 15.4. The molecule has 13 rings (SSSR count). The number of aromatic nitrogens is 5. The molecule has 0 aliphatic heterocycles. The molecule has 13 aromatic rings. The Bertz CT molecular complexity index is 3880. The van der Waals surface area contributed by atoms with Gasteiger partial charge in [-0.3, -0.25) is 0 Å². The summed E-state index contributed by atoms with van der Waals surface area (Å²) < 4.78 is 11.1. The highest BCUT2D eigenvalue weighted by Crippen LogP contribution is 2.42. The number of para-hydroxylation sites is 4. The Balaban J connectivity index is 0.966. The van der Waals surface area contributed by atoms with Crippen molar-refractivity contribution < 1.29 is 4.42 Å². The van der Waals surface area contributed by atoms with Gasteiger partial charge in [0.15, 0.2) is 17.5 Å². The number of hydrogen-bond donors (Lipinski definition) is 0. The summed E-state index contributed by atoms with van der Waals surface area (Å²) in [5.74, 6) is 1.77. The monoisotopic (exact) mass is 805 g/mol. The summed E-state index contributed by atoms with van der Waals surface area (Å²) >= 11 is 0. The average Bonchev–Trinajstić information content (AvgIpc) is 4.02. The number of fused-ring (bicyclic) bond motifs is 10. The minimum atomic E-state index is 0.578. The van der Waals surface area contributed by atoms with E-state index in [-0.39, 0.29) is 0 Å². The Morgan fingerprint density at radius 3 is 1.52 bits per heavy atom. The molecule has 6 nitrogen and oxygen atoms in total. The van der Waals surface area contributed by atoms with Gasteiger partial charge in [-0.05, 0) is 83.9 Å². The van der Waals surface area contributed by atoms with Gasteiger partial charge >= 0.3 is 0 Å². The molecule has 0 spiro atoms. The number of nitrogens with zero attached hydrogens (tertiary/aromatic N) is 5. The third kappa shape index (κ3) is 5.62. The molecule has 9 aromatic carbocycles. The van der Waals surface area contributed by atoms with Gasteiger partial charge in [0.2, 0.25) is 0 Å². The first-order chi connectivity index (χ1) is 31.2. The van der Waals surface area contributed by atoms with Crippen LogP contribution in [0.4, 0.5) is 0 Å². The molecule has 4 aromatic heterocycles. The lowest BCUT2D eigenvalue weighted by molar-refractivity contribution is 0.669. The Hall–Kier alpha value is -8.61.